The lowest BCUT2D eigenvalue weighted by Crippen LogP contribution is -2.22. The first-order chi connectivity index (χ1) is 15.2. The van der Waals surface area contributed by atoms with Gasteiger partial charge in [-0.05, 0) is 23.8 Å². The first kappa shape index (κ1) is 21.2. The molecule has 2 aromatic heterocycles. The molecule has 4 rings (SSSR count). The van der Waals surface area contributed by atoms with Gasteiger partial charge in [0.15, 0.2) is 0 Å². The van der Waals surface area contributed by atoms with Crippen molar-refractivity contribution in [3.05, 3.63) is 69.9 Å². The summed E-state index contributed by atoms with van der Waals surface area (Å²) in [7, 11) is 1.86. The van der Waals surface area contributed by atoms with Crippen molar-refractivity contribution in [3.8, 4) is 23.4 Å². The Bertz CT molecular complexity index is 1270. The second kappa shape index (κ2) is 8.22. The van der Waals surface area contributed by atoms with E-state index < -0.39 is 17.6 Å². The van der Waals surface area contributed by atoms with Crippen molar-refractivity contribution in [3.63, 3.8) is 0 Å². The number of nitrogens with zero attached hydrogens (tertiary/aromatic N) is 5. The molecule has 0 saturated heterocycles. The zero-order chi connectivity index (χ0) is 22.9. The highest BCUT2D eigenvalue weighted by atomic mass is 19.4. The molecule has 0 unspecified atom stereocenters. The van der Waals surface area contributed by atoms with E-state index in [1.54, 1.807) is 16.7 Å². The second-order valence-corrected chi connectivity index (χ2v) is 7.02. The molecule has 0 atom stereocenters. The van der Waals surface area contributed by atoms with Crippen molar-refractivity contribution in [1.29, 1.82) is 5.26 Å². The van der Waals surface area contributed by atoms with Crippen molar-refractivity contribution < 1.29 is 22.6 Å². The molecule has 32 heavy (non-hydrogen) atoms. The lowest BCUT2D eigenvalue weighted by atomic mass is 10.1. The molecule has 0 N–H and O–H groups in total. The Labute approximate surface area is 180 Å². The molecule has 0 bridgehead atoms. The highest BCUT2D eigenvalue weighted by Crippen LogP contribution is 2.32. The maximum atomic E-state index is 12.8. The monoisotopic (exact) mass is 443 g/mol. The van der Waals surface area contributed by atoms with Crippen LogP contribution in [0.5, 0.6) is 17.4 Å². The Morgan fingerprint density at radius 3 is 2.75 bits per heavy atom. The Morgan fingerprint density at radius 1 is 1.19 bits per heavy atom. The molecule has 0 saturated carbocycles. The number of benzene rings is 1. The third-order valence-corrected chi connectivity index (χ3v) is 4.82. The predicted octanol–water partition coefficient (Wildman–Crippen LogP) is 3.35. The Balaban J connectivity index is 1.50. The zero-order valence-electron chi connectivity index (χ0n) is 16.8. The minimum absolute atomic E-state index is 0.0298. The topological polar surface area (TPSA) is 93.3 Å². The van der Waals surface area contributed by atoms with Crippen LogP contribution >= 0.6 is 0 Å². The van der Waals surface area contributed by atoms with Gasteiger partial charge in [0, 0.05) is 38.5 Å². The molecule has 0 spiro atoms. The predicted molar refractivity (Wildman–Crippen MR) is 107 cm³/mol. The molecule has 0 aliphatic carbocycles. The Kier molecular flexibility index (Phi) is 5.44. The van der Waals surface area contributed by atoms with Crippen LogP contribution in [-0.4, -0.2) is 28.1 Å². The van der Waals surface area contributed by atoms with E-state index in [9.17, 15) is 23.2 Å². The number of rotatable bonds is 5. The van der Waals surface area contributed by atoms with E-state index in [-0.39, 0.29) is 29.5 Å². The third kappa shape index (κ3) is 4.34. The van der Waals surface area contributed by atoms with Gasteiger partial charge < -0.3 is 14.4 Å². The number of hydrogen-bond donors (Lipinski definition) is 0. The van der Waals surface area contributed by atoms with Crippen LogP contribution in [0.25, 0.3) is 0 Å². The molecular formula is C21H16F3N5O3. The summed E-state index contributed by atoms with van der Waals surface area (Å²) in [6.45, 7) is 1.30. The number of aromatic nitrogens is 3. The van der Waals surface area contributed by atoms with Gasteiger partial charge in [0.1, 0.15) is 35.7 Å². The van der Waals surface area contributed by atoms with Gasteiger partial charge in [0.2, 0.25) is 5.88 Å². The number of nitriles is 1. The van der Waals surface area contributed by atoms with E-state index in [0.717, 1.165) is 12.3 Å². The van der Waals surface area contributed by atoms with E-state index in [4.69, 9.17) is 9.47 Å². The summed E-state index contributed by atoms with van der Waals surface area (Å²) < 4.78 is 51.2. The number of hydrogen-bond acceptors (Lipinski definition) is 7. The number of ether oxygens (including phenoxy) is 2. The van der Waals surface area contributed by atoms with Gasteiger partial charge >= 0.3 is 11.9 Å². The molecule has 1 aromatic carbocycles. The molecule has 0 fully saturated rings. The quantitative estimate of drug-likeness (QED) is 0.597. The molecule has 3 aromatic rings. The van der Waals surface area contributed by atoms with Crippen molar-refractivity contribution in [2.24, 2.45) is 0 Å². The number of pyridine rings is 1. The van der Waals surface area contributed by atoms with Gasteiger partial charge in [0.05, 0.1) is 5.56 Å². The first-order valence-electron chi connectivity index (χ1n) is 9.44. The maximum Gasteiger partial charge on any atom is 0.433 e. The van der Waals surface area contributed by atoms with Crippen LogP contribution in [0, 0.1) is 11.3 Å². The lowest BCUT2D eigenvalue weighted by Gasteiger charge is -2.13. The normalized spacial score (nSPS) is 12.9. The average molecular weight is 443 g/mol. The van der Waals surface area contributed by atoms with Crippen LogP contribution in [0.4, 0.5) is 19.0 Å². The molecule has 0 radical (unpaired) electrons. The Hall–Kier alpha value is -4.07. The summed E-state index contributed by atoms with van der Waals surface area (Å²) in [6.07, 6.45) is -3.63. The second-order valence-electron chi connectivity index (χ2n) is 7.02. The summed E-state index contributed by atoms with van der Waals surface area (Å²) in [5.41, 5.74) is -0.797. The van der Waals surface area contributed by atoms with E-state index in [1.165, 1.54) is 18.2 Å². The van der Waals surface area contributed by atoms with Crippen LogP contribution in [0.1, 0.15) is 16.8 Å². The number of fused-ring (bicyclic) bond motifs is 1. The van der Waals surface area contributed by atoms with E-state index >= 15 is 0 Å². The summed E-state index contributed by atoms with van der Waals surface area (Å²) in [6, 6.07) is 10.2. The van der Waals surface area contributed by atoms with Crippen molar-refractivity contribution in [2.75, 3.05) is 18.5 Å². The number of halogens is 3. The van der Waals surface area contributed by atoms with Crippen LogP contribution in [0.2, 0.25) is 0 Å². The number of anilines is 1. The molecule has 11 heteroatoms. The van der Waals surface area contributed by atoms with E-state index in [0.29, 0.717) is 24.5 Å². The molecule has 1 aliphatic rings. The standard InChI is InChI=1S/C21H16F3N5O3/c1-28-6-7-29-19(28)10-18(27-20(29)30)31-12-13-2-3-16(14(8-13)11-25)32-15-4-5-26-17(9-15)21(22,23)24/h2-5,8-10H,6-7,12H2,1H3. The summed E-state index contributed by atoms with van der Waals surface area (Å²) in [4.78, 5) is 21.2. The summed E-state index contributed by atoms with van der Waals surface area (Å²) in [5.74, 6) is 0.855. The fourth-order valence-corrected chi connectivity index (χ4v) is 3.20. The summed E-state index contributed by atoms with van der Waals surface area (Å²) >= 11 is 0. The van der Waals surface area contributed by atoms with E-state index in [1.807, 2.05) is 18.0 Å². The van der Waals surface area contributed by atoms with Crippen LogP contribution in [0.15, 0.2) is 47.4 Å². The minimum Gasteiger partial charge on any atom is -0.473 e. The van der Waals surface area contributed by atoms with Gasteiger partial charge in [-0.1, -0.05) is 6.07 Å². The smallest absolute Gasteiger partial charge is 0.433 e. The van der Waals surface area contributed by atoms with Gasteiger partial charge in [-0.25, -0.2) is 4.79 Å². The Morgan fingerprint density at radius 2 is 2.00 bits per heavy atom. The lowest BCUT2D eigenvalue weighted by molar-refractivity contribution is -0.141. The highest BCUT2D eigenvalue weighted by Gasteiger charge is 2.32. The zero-order valence-corrected chi connectivity index (χ0v) is 16.8. The molecule has 1 aliphatic heterocycles. The summed E-state index contributed by atoms with van der Waals surface area (Å²) in [5, 5.41) is 9.44. The molecule has 164 valence electrons. The highest BCUT2D eigenvalue weighted by molar-refractivity contribution is 5.48. The van der Waals surface area contributed by atoms with Crippen LogP contribution < -0.4 is 20.1 Å². The molecule has 8 nitrogen and oxygen atoms in total. The fourth-order valence-electron chi connectivity index (χ4n) is 3.20. The third-order valence-electron chi connectivity index (χ3n) is 4.82. The van der Waals surface area contributed by atoms with Gasteiger partial charge in [-0.2, -0.15) is 23.4 Å². The van der Waals surface area contributed by atoms with Gasteiger partial charge in [-0.15, -0.1) is 0 Å². The first-order valence-corrected chi connectivity index (χ1v) is 9.44. The van der Waals surface area contributed by atoms with Gasteiger partial charge in [-0.3, -0.25) is 9.55 Å². The van der Waals surface area contributed by atoms with Gasteiger partial charge in [0.25, 0.3) is 0 Å². The number of alkyl halides is 3. The van der Waals surface area contributed by atoms with E-state index in [2.05, 4.69) is 9.97 Å². The maximum absolute atomic E-state index is 12.8. The number of likely N-dealkylation sites (N-methyl/N-ethyl adjacent to an activating group) is 1. The molecular weight excluding hydrogens is 427 g/mol. The largest absolute Gasteiger partial charge is 0.473 e. The fraction of sp³-hybridized carbons (Fsp3) is 0.238. The average Bonchev–Trinajstić information content (AvgIpc) is 3.14. The van der Waals surface area contributed by atoms with Crippen molar-refractivity contribution >= 4 is 5.82 Å². The van der Waals surface area contributed by atoms with Crippen LogP contribution in [-0.2, 0) is 19.3 Å². The molecule has 3 heterocycles. The molecule has 0 amide bonds. The van der Waals surface area contributed by atoms with Crippen LogP contribution in [0.3, 0.4) is 0 Å². The minimum atomic E-state index is -4.61. The van der Waals surface area contributed by atoms with Crippen molar-refractivity contribution in [1.82, 2.24) is 14.5 Å². The SMILES string of the molecule is CN1CCn2c1cc(OCc1ccc(Oc3ccnc(C(F)(F)F)c3)c(C#N)c1)nc2=O. The van der Waals surface area contributed by atoms with Crippen molar-refractivity contribution in [2.45, 2.75) is 19.3 Å².